The molecule has 0 amide bonds. The molecule has 0 radical (unpaired) electrons. The summed E-state index contributed by atoms with van der Waals surface area (Å²) in [5, 5.41) is 9.11. The number of carbonyl (C=O) groups excluding carboxylic acids is 2. The van der Waals surface area contributed by atoms with Crippen molar-refractivity contribution in [3.8, 4) is 17.6 Å². The van der Waals surface area contributed by atoms with Gasteiger partial charge in [0.1, 0.15) is 11.4 Å². The maximum absolute atomic E-state index is 12.6. The van der Waals surface area contributed by atoms with Gasteiger partial charge in [-0.25, -0.2) is 9.59 Å². The Morgan fingerprint density at radius 1 is 0.967 bits per heavy atom. The van der Waals surface area contributed by atoms with E-state index in [0.717, 1.165) is 0 Å². The third-order valence-corrected chi connectivity index (χ3v) is 4.20. The summed E-state index contributed by atoms with van der Waals surface area (Å²) in [5.41, 5.74) is 0.959. The van der Waals surface area contributed by atoms with Crippen molar-refractivity contribution in [2.24, 2.45) is 0 Å². The van der Waals surface area contributed by atoms with E-state index in [1.54, 1.807) is 66.9 Å². The van der Waals surface area contributed by atoms with Crippen LogP contribution in [0.25, 0.3) is 0 Å². The van der Waals surface area contributed by atoms with Crippen LogP contribution in [0, 0.1) is 11.3 Å². The minimum Gasteiger partial charge on any atom is -0.465 e. The van der Waals surface area contributed by atoms with Crippen molar-refractivity contribution >= 4 is 17.6 Å². The van der Waals surface area contributed by atoms with Crippen LogP contribution in [0.15, 0.2) is 84.2 Å². The number of hydrogen-bond acceptors (Lipinski definition) is 7. The van der Waals surface area contributed by atoms with Crippen molar-refractivity contribution in [3.63, 3.8) is 0 Å². The average molecular weight is 402 g/mol. The molecule has 0 N–H and O–H groups in total. The molecule has 0 fully saturated rings. The summed E-state index contributed by atoms with van der Waals surface area (Å²) in [6, 6.07) is 15.8. The maximum atomic E-state index is 12.6. The van der Waals surface area contributed by atoms with Crippen molar-refractivity contribution in [2.75, 3.05) is 19.1 Å². The molecule has 0 bridgehead atoms. The van der Waals surface area contributed by atoms with Gasteiger partial charge >= 0.3 is 11.9 Å². The van der Waals surface area contributed by atoms with E-state index < -0.39 is 11.9 Å². The van der Waals surface area contributed by atoms with Crippen molar-refractivity contribution in [1.29, 1.82) is 5.26 Å². The smallest absolute Gasteiger partial charge is 0.355 e. The van der Waals surface area contributed by atoms with Gasteiger partial charge in [-0.2, -0.15) is 5.26 Å². The number of ether oxygens (including phenoxy) is 3. The number of rotatable bonds is 5. The fourth-order valence-corrected chi connectivity index (χ4v) is 2.85. The Kier molecular flexibility index (Phi) is 6.30. The molecule has 0 atom stereocenters. The highest BCUT2D eigenvalue weighted by Crippen LogP contribution is 2.36. The van der Waals surface area contributed by atoms with E-state index >= 15 is 0 Å². The lowest BCUT2D eigenvalue weighted by Crippen LogP contribution is -2.27. The standard InChI is InChI=1S/C23H18N2O5/c1-28-22(26)18-10-5-6-13-25(21(18)23(27)29-2)19-11-3-4-12-20(19)30-17-9-7-8-16(14-17)15-24/h3-14H,1-2H3. The summed E-state index contributed by atoms with van der Waals surface area (Å²) in [4.78, 5) is 26.4. The number of benzene rings is 2. The molecule has 2 aromatic carbocycles. The lowest BCUT2D eigenvalue weighted by molar-refractivity contribution is -0.139. The fraction of sp³-hybridized carbons (Fsp3) is 0.0870. The molecule has 7 nitrogen and oxygen atoms in total. The Morgan fingerprint density at radius 3 is 2.47 bits per heavy atom. The summed E-state index contributed by atoms with van der Waals surface area (Å²) in [6.07, 6.45) is 6.39. The lowest BCUT2D eigenvalue weighted by Gasteiger charge is -2.25. The highest BCUT2D eigenvalue weighted by atomic mass is 16.5. The number of allylic oxidation sites excluding steroid dienone is 2. The number of esters is 2. The molecule has 150 valence electrons. The molecule has 3 rings (SSSR count). The van der Waals surface area contributed by atoms with Crippen LogP contribution in [0.4, 0.5) is 5.69 Å². The van der Waals surface area contributed by atoms with Crippen LogP contribution in [-0.2, 0) is 19.1 Å². The Bertz CT molecular complexity index is 1110. The van der Waals surface area contributed by atoms with Crippen LogP contribution in [0.5, 0.6) is 11.5 Å². The van der Waals surface area contributed by atoms with E-state index in [4.69, 9.17) is 19.5 Å². The highest BCUT2D eigenvalue weighted by molar-refractivity contribution is 6.05. The number of hydrogen-bond donors (Lipinski definition) is 0. The first-order valence-electron chi connectivity index (χ1n) is 8.91. The summed E-state index contributed by atoms with van der Waals surface area (Å²) in [5.74, 6) is -0.534. The summed E-state index contributed by atoms with van der Waals surface area (Å²) in [7, 11) is 2.47. The highest BCUT2D eigenvalue weighted by Gasteiger charge is 2.28. The van der Waals surface area contributed by atoms with Crippen molar-refractivity contribution in [1.82, 2.24) is 0 Å². The van der Waals surface area contributed by atoms with E-state index in [9.17, 15) is 9.59 Å². The first-order valence-corrected chi connectivity index (χ1v) is 8.91. The van der Waals surface area contributed by atoms with Gasteiger partial charge in [-0.1, -0.05) is 24.3 Å². The number of para-hydroxylation sites is 2. The van der Waals surface area contributed by atoms with Crippen LogP contribution in [0.1, 0.15) is 5.56 Å². The van der Waals surface area contributed by atoms with Crippen LogP contribution in [0.3, 0.4) is 0 Å². The molecule has 7 heteroatoms. The number of methoxy groups -OCH3 is 2. The Morgan fingerprint density at radius 2 is 1.73 bits per heavy atom. The molecule has 1 heterocycles. The number of anilines is 1. The predicted octanol–water partition coefficient (Wildman–Crippen LogP) is 3.84. The van der Waals surface area contributed by atoms with E-state index in [-0.39, 0.29) is 11.3 Å². The average Bonchev–Trinajstić information content (AvgIpc) is 3.01. The minimum absolute atomic E-state index is 0.0174. The van der Waals surface area contributed by atoms with Crippen molar-refractivity contribution in [2.45, 2.75) is 0 Å². The molecule has 1 aliphatic rings. The minimum atomic E-state index is -0.715. The molecule has 0 aliphatic carbocycles. The van der Waals surface area contributed by atoms with Gasteiger partial charge in [-0.3, -0.25) is 0 Å². The van der Waals surface area contributed by atoms with E-state index in [2.05, 4.69) is 6.07 Å². The third-order valence-electron chi connectivity index (χ3n) is 4.20. The summed E-state index contributed by atoms with van der Waals surface area (Å²) >= 11 is 0. The van der Waals surface area contributed by atoms with Gasteiger partial charge in [-0.05, 0) is 42.5 Å². The van der Waals surface area contributed by atoms with Crippen LogP contribution in [0.2, 0.25) is 0 Å². The van der Waals surface area contributed by atoms with Gasteiger partial charge in [0, 0.05) is 6.20 Å². The zero-order valence-electron chi connectivity index (χ0n) is 16.4. The van der Waals surface area contributed by atoms with E-state index in [1.807, 2.05) is 0 Å². The Hall–Kier alpha value is -4.31. The molecule has 0 saturated carbocycles. The second-order valence-corrected chi connectivity index (χ2v) is 6.03. The van der Waals surface area contributed by atoms with Gasteiger partial charge in [0.05, 0.1) is 37.1 Å². The first-order chi connectivity index (χ1) is 14.6. The molecule has 0 unspecified atom stereocenters. The van der Waals surface area contributed by atoms with Gasteiger partial charge in [0.2, 0.25) is 0 Å². The molecule has 2 aromatic rings. The van der Waals surface area contributed by atoms with Crippen LogP contribution < -0.4 is 9.64 Å². The molecule has 1 aliphatic heterocycles. The number of nitriles is 1. The topological polar surface area (TPSA) is 88.9 Å². The molecular formula is C23H18N2O5. The molecule has 30 heavy (non-hydrogen) atoms. The SMILES string of the molecule is COC(=O)C1=C(C(=O)OC)N(c2ccccc2Oc2cccc(C#N)c2)C=CC=C1. The van der Waals surface area contributed by atoms with Crippen LogP contribution >= 0.6 is 0 Å². The first kappa shape index (κ1) is 20.4. The monoisotopic (exact) mass is 402 g/mol. The summed E-state index contributed by atoms with van der Waals surface area (Å²) < 4.78 is 15.7. The van der Waals surface area contributed by atoms with Gasteiger partial charge in [0.25, 0.3) is 0 Å². The van der Waals surface area contributed by atoms with Gasteiger partial charge in [-0.15, -0.1) is 0 Å². The molecule has 0 aromatic heterocycles. The normalized spacial score (nSPS) is 12.8. The lowest BCUT2D eigenvalue weighted by atomic mass is 10.1. The third kappa shape index (κ3) is 4.23. The Balaban J connectivity index is 2.12. The second kappa shape index (κ2) is 9.26. The van der Waals surface area contributed by atoms with Gasteiger partial charge < -0.3 is 19.1 Å². The number of carbonyl (C=O) groups is 2. The van der Waals surface area contributed by atoms with E-state index in [0.29, 0.717) is 22.7 Å². The predicted molar refractivity (Wildman–Crippen MR) is 109 cm³/mol. The number of nitrogens with zero attached hydrogens (tertiary/aromatic N) is 2. The molecule has 0 spiro atoms. The fourth-order valence-electron chi connectivity index (χ4n) is 2.85. The maximum Gasteiger partial charge on any atom is 0.355 e. The van der Waals surface area contributed by atoms with E-state index in [1.165, 1.54) is 25.2 Å². The van der Waals surface area contributed by atoms with Crippen molar-refractivity contribution < 1.29 is 23.8 Å². The summed E-state index contributed by atoms with van der Waals surface area (Å²) in [6.45, 7) is 0. The zero-order valence-corrected chi connectivity index (χ0v) is 16.4. The largest absolute Gasteiger partial charge is 0.465 e. The van der Waals surface area contributed by atoms with Gasteiger partial charge in [0.15, 0.2) is 5.75 Å². The van der Waals surface area contributed by atoms with Crippen molar-refractivity contribution in [3.05, 3.63) is 89.8 Å². The molecular weight excluding hydrogens is 384 g/mol. The second-order valence-electron chi connectivity index (χ2n) is 6.03. The molecule has 0 saturated heterocycles. The quantitative estimate of drug-likeness (QED) is 0.702. The van der Waals surface area contributed by atoms with Crippen LogP contribution in [-0.4, -0.2) is 26.2 Å². The zero-order chi connectivity index (χ0) is 21.5. The Labute approximate surface area is 173 Å².